The summed E-state index contributed by atoms with van der Waals surface area (Å²) in [5.41, 5.74) is 1.15. The number of nitro groups is 1. The van der Waals surface area contributed by atoms with Crippen molar-refractivity contribution >= 4 is 40.1 Å². The fraction of sp³-hybridized carbons (Fsp3) is 0.188. The van der Waals surface area contributed by atoms with Gasteiger partial charge in [0.25, 0.3) is 11.6 Å². The minimum Gasteiger partial charge on any atom is -0.352 e. The number of nitro benzene ring substituents is 1. The van der Waals surface area contributed by atoms with Crippen molar-refractivity contribution in [2.45, 2.75) is 13.0 Å². The quantitative estimate of drug-likeness (QED) is 0.378. The van der Waals surface area contributed by atoms with Crippen molar-refractivity contribution in [2.75, 3.05) is 6.54 Å². The lowest BCUT2D eigenvalue weighted by molar-refractivity contribution is -0.384. The molecule has 0 atom stereocenters. The van der Waals surface area contributed by atoms with Gasteiger partial charge in [-0.1, -0.05) is 6.07 Å². The molecule has 0 spiro atoms. The van der Waals surface area contributed by atoms with Gasteiger partial charge in [-0.25, -0.2) is 0 Å². The lowest BCUT2D eigenvalue weighted by Gasteiger charge is -2.08. The van der Waals surface area contributed by atoms with Gasteiger partial charge >= 0.3 is 0 Å². The van der Waals surface area contributed by atoms with Gasteiger partial charge in [-0.2, -0.15) is 0 Å². The molecule has 1 heterocycles. The van der Waals surface area contributed by atoms with Gasteiger partial charge < -0.3 is 10.6 Å². The van der Waals surface area contributed by atoms with Crippen molar-refractivity contribution in [1.29, 1.82) is 0 Å². The minimum absolute atomic E-state index is 0.0734. The van der Waals surface area contributed by atoms with Crippen molar-refractivity contribution in [3.63, 3.8) is 0 Å². The number of carbonyl (C=O) groups is 2. The number of non-ortho nitro benzene ring substituents is 1. The lowest BCUT2D eigenvalue weighted by atomic mass is 10.2. The Morgan fingerprint density at radius 1 is 1.24 bits per heavy atom. The van der Waals surface area contributed by atoms with Crippen LogP contribution in [0.5, 0.6) is 0 Å². The molecule has 0 fully saturated rings. The van der Waals surface area contributed by atoms with E-state index in [2.05, 4.69) is 15.6 Å². The third-order valence-electron chi connectivity index (χ3n) is 3.26. The average Bonchev–Trinajstić information content (AvgIpc) is 2.60. The van der Waals surface area contributed by atoms with Crippen LogP contribution < -0.4 is 10.6 Å². The molecule has 1 aromatic carbocycles. The zero-order valence-electron chi connectivity index (χ0n) is 13.1. The monoisotopic (exact) mass is 454 g/mol. The van der Waals surface area contributed by atoms with Crippen molar-refractivity contribution in [3.05, 3.63) is 67.5 Å². The summed E-state index contributed by atoms with van der Waals surface area (Å²) in [4.78, 5) is 38.0. The van der Waals surface area contributed by atoms with Gasteiger partial charge in [0.05, 0.1) is 10.5 Å². The summed E-state index contributed by atoms with van der Waals surface area (Å²) in [6.45, 7) is 0.547. The van der Waals surface area contributed by atoms with Crippen LogP contribution in [0.4, 0.5) is 5.69 Å². The maximum atomic E-state index is 12.1. The molecule has 0 saturated heterocycles. The summed E-state index contributed by atoms with van der Waals surface area (Å²) in [6, 6.07) is 7.64. The van der Waals surface area contributed by atoms with Gasteiger partial charge in [-0.3, -0.25) is 24.7 Å². The predicted molar refractivity (Wildman–Crippen MR) is 98.8 cm³/mol. The zero-order valence-corrected chi connectivity index (χ0v) is 15.2. The second kappa shape index (κ2) is 9.06. The van der Waals surface area contributed by atoms with Crippen LogP contribution >= 0.6 is 22.6 Å². The average molecular weight is 454 g/mol. The fourth-order valence-electron chi connectivity index (χ4n) is 1.98. The SMILES string of the molecule is O=C(CCNC(=O)c1ccc([N+](=O)[O-])cc1I)NCc1cccnc1. The number of hydrogen-bond donors (Lipinski definition) is 2. The Kier molecular flexibility index (Phi) is 6.81. The van der Waals surface area contributed by atoms with Gasteiger partial charge in [-0.15, -0.1) is 0 Å². The number of amides is 2. The molecular weight excluding hydrogens is 439 g/mol. The highest BCUT2D eigenvalue weighted by Crippen LogP contribution is 2.19. The van der Waals surface area contributed by atoms with Crippen molar-refractivity contribution in [3.8, 4) is 0 Å². The third kappa shape index (κ3) is 5.78. The van der Waals surface area contributed by atoms with Crippen LogP contribution in [-0.2, 0) is 11.3 Å². The topological polar surface area (TPSA) is 114 Å². The molecule has 9 heteroatoms. The molecular formula is C16H15IN4O4. The summed E-state index contributed by atoms with van der Waals surface area (Å²) < 4.78 is 0.477. The number of benzene rings is 1. The minimum atomic E-state index is -0.517. The first kappa shape index (κ1) is 18.8. The first-order chi connectivity index (χ1) is 12.0. The Labute approximate surface area is 157 Å². The van der Waals surface area contributed by atoms with Gasteiger partial charge in [0, 0.05) is 47.6 Å². The molecule has 130 valence electrons. The standard InChI is InChI=1S/C16H15IN4O4/c17-14-8-12(21(24)25)3-4-13(14)16(23)19-7-5-15(22)20-10-11-2-1-6-18-9-11/h1-4,6,8-9H,5,7,10H2,(H,19,23)(H,20,22). The lowest BCUT2D eigenvalue weighted by Crippen LogP contribution is -2.30. The largest absolute Gasteiger partial charge is 0.352 e. The molecule has 0 radical (unpaired) electrons. The number of nitrogens with zero attached hydrogens (tertiary/aromatic N) is 2. The number of aromatic nitrogens is 1. The maximum Gasteiger partial charge on any atom is 0.270 e. The van der Waals surface area contributed by atoms with E-state index in [1.54, 1.807) is 18.5 Å². The van der Waals surface area contributed by atoms with Crippen LogP contribution in [0.3, 0.4) is 0 Å². The van der Waals surface area contributed by atoms with Crippen LogP contribution in [0, 0.1) is 13.7 Å². The Balaban J connectivity index is 1.78. The number of hydrogen-bond acceptors (Lipinski definition) is 5. The van der Waals surface area contributed by atoms with E-state index in [9.17, 15) is 19.7 Å². The highest BCUT2D eigenvalue weighted by Gasteiger charge is 2.14. The molecule has 2 amide bonds. The van der Waals surface area contributed by atoms with Crippen LogP contribution in [0.15, 0.2) is 42.7 Å². The van der Waals surface area contributed by atoms with Crippen LogP contribution in [0.25, 0.3) is 0 Å². The first-order valence-electron chi connectivity index (χ1n) is 7.35. The van der Waals surface area contributed by atoms with E-state index >= 15 is 0 Å². The molecule has 0 bridgehead atoms. The molecule has 1 aromatic heterocycles. The van der Waals surface area contributed by atoms with E-state index in [0.29, 0.717) is 15.7 Å². The maximum absolute atomic E-state index is 12.1. The van der Waals surface area contributed by atoms with Gasteiger partial charge in [-0.05, 0) is 40.3 Å². The second-order valence-corrected chi connectivity index (χ2v) is 6.23. The van der Waals surface area contributed by atoms with E-state index in [-0.39, 0.29) is 30.5 Å². The molecule has 2 N–H and O–H groups in total. The van der Waals surface area contributed by atoms with E-state index in [1.807, 2.05) is 28.7 Å². The summed E-state index contributed by atoms with van der Waals surface area (Å²) >= 11 is 1.87. The molecule has 0 aliphatic heterocycles. The second-order valence-electron chi connectivity index (χ2n) is 5.07. The van der Waals surface area contributed by atoms with Gasteiger partial charge in [0.2, 0.25) is 5.91 Å². The van der Waals surface area contributed by atoms with E-state index in [1.165, 1.54) is 18.2 Å². The highest BCUT2D eigenvalue weighted by atomic mass is 127. The summed E-state index contributed by atoms with van der Waals surface area (Å²) in [6.07, 6.45) is 3.45. The summed E-state index contributed by atoms with van der Waals surface area (Å²) in [7, 11) is 0. The summed E-state index contributed by atoms with van der Waals surface area (Å²) in [5, 5.41) is 16.1. The third-order valence-corrected chi connectivity index (χ3v) is 4.15. The van der Waals surface area contributed by atoms with Crippen LogP contribution in [0.1, 0.15) is 22.3 Å². The van der Waals surface area contributed by atoms with Gasteiger partial charge in [0.15, 0.2) is 0 Å². The number of carbonyl (C=O) groups excluding carboxylic acids is 2. The Hall–Kier alpha value is -2.56. The highest BCUT2D eigenvalue weighted by molar-refractivity contribution is 14.1. The predicted octanol–water partition coefficient (Wildman–Crippen LogP) is 2.03. The number of nitrogens with one attached hydrogen (secondary N) is 2. The molecule has 2 rings (SSSR count). The fourth-order valence-corrected chi connectivity index (χ4v) is 2.72. The van der Waals surface area contributed by atoms with Crippen molar-refractivity contribution in [2.24, 2.45) is 0 Å². The van der Waals surface area contributed by atoms with Crippen LogP contribution in [-0.4, -0.2) is 28.3 Å². The van der Waals surface area contributed by atoms with Crippen molar-refractivity contribution < 1.29 is 14.5 Å². The Morgan fingerprint density at radius 2 is 2.04 bits per heavy atom. The van der Waals surface area contributed by atoms with Crippen LogP contribution in [0.2, 0.25) is 0 Å². The number of pyridine rings is 1. The Morgan fingerprint density at radius 3 is 2.68 bits per heavy atom. The first-order valence-corrected chi connectivity index (χ1v) is 8.43. The molecule has 8 nitrogen and oxygen atoms in total. The molecule has 0 unspecified atom stereocenters. The zero-order chi connectivity index (χ0) is 18.2. The smallest absolute Gasteiger partial charge is 0.270 e. The molecule has 0 saturated carbocycles. The molecule has 0 aliphatic carbocycles. The van der Waals surface area contributed by atoms with E-state index < -0.39 is 4.92 Å². The molecule has 0 aliphatic rings. The molecule has 25 heavy (non-hydrogen) atoms. The normalized spacial score (nSPS) is 10.1. The van der Waals surface area contributed by atoms with Gasteiger partial charge in [0.1, 0.15) is 0 Å². The van der Waals surface area contributed by atoms with E-state index in [0.717, 1.165) is 5.56 Å². The molecule has 2 aromatic rings. The summed E-state index contributed by atoms with van der Waals surface area (Å²) in [5.74, 6) is -0.568. The Bertz CT molecular complexity index is 783. The number of rotatable bonds is 7. The van der Waals surface area contributed by atoms with Crippen molar-refractivity contribution in [1.82, 2.24) is 15.6 Å². The van der Waals surface area contributed by atoms with E-state index in [4.69, 9.17) is 0 Å². The number of halogens is 1.